The Morgan fingerprint density at radius 2 is 1.64 bits per heavy atom. The van der Waals surface area contributed by atoms with E-state index < -0.39 is 0 Å². The minimum atomic E-state index is 0.865. The van der Waals surface area contributed by atoms with Crippen molar-refractivity contribution >= 4 is 0 Å². The van der Waals surface area contributed by atoms with Crippen molar-refractivity contribution in [3.8, 4) is 11.5 Å². The molecule has 1 N–H and O–H groups in total. The molecule has 0 saturated heterocycles. The van der Waals surface area contributed by atoms with Gasteiger partial charge in [-0.3, -0.25) is 0 Å². The topological polar surface area (TPSA) is 22.9 Å². The highest BCUT2D eigenvalue weighted by atomic mass is 16.5. The van der Waals surface area contributed by atoms with E-state index in [1.54, 1.807) is 19.1 Å². The summed E-state index contributed by atoms with van der Waals surface area (Å²) < 4.78 is 10.9. The molecule has 1 atom stereocenters. The van der Waals surface area contributed by atoms with Crippen LogP contribution in [0.15, 0.2) is 12.1 Å². The molecule has 1 heterocycles. The fourth-order valence-corrected chi connectivity index (χ4v) is 4.32. The summed E-state index contributed by atoms with van der Waals surface area (Å²) >= 11 is 0. The SMILES string of the molecule is CCC1CCC([NH+]2CCc3cc(OC)c(OC)cc3C2)CC1. The second-order valence-corrected chi connectivity index (χ2v) is 6.94. The molecule has 1 saturated carbocycles. The maximum atomic E-state index is 5.48. The zero-order valence-corrected chi connectivity index (χ0v) is 14.3. The molecule has 1 aliphatic heterocycles. The molecule has 0 bridgehead atoms. The highest BCUT2D eigenvalue weighted by Crippen LogP contribution is 2.32. The van der Waals surface area contributed by atoms with Crippen LogP contribution in [0.1, 0.15) is 50.2 Å². The van der Waals surface area contributed by atoms with Crippen LogP contribution in [0.5, 0.6) is 11.5 Å². The molecule has 1 fully saturated rings. The number of fused-ring (bicyclic) bond motifs is 1. The first-order valence-electron chi connectivity index (χ1n) is 8.83. The van der Waals surface area contributed by atoms with Crippen molar-refractivity contribution in [1.82, 2.24) is 0 Å². The first kappa shape index (κ1) is 15.7. The van der Waals surface area contributed by atoms with Crippen LogP contribution in [0.2, 0.25) is 0 Å². The number of nitrogens with one attached hydrogen (secondary N) is 1. The highest BCUT2D eigenvalue weighted by Gasteiger charge is 2.31. The van der Waals surface area contributed by atoms with Gasteiger partial charge in [0.2, 0.25) is 0 Å². The van der Waals surface area contributed by atoms with Crippen LogP contribution < -0.4 is 14.4 Å². The molecule has 1 aromatic carbocycles. The van der Waals surface area contributed by atoms with Gasteiger partial charge in [0.25, 0.3) is 0 Å². The van der Waals surface area contributed by atoms with Crippen LogP contribution in [-0.2, 0) is 13.0 Å². The number of hydrogen-bond donors (Lipinski definition) is 1. The van der Waals surface area contributed by atoms with Gasteiger partial charge in [-0.05, 0) is 49.3 Å². The van der Waals surface area contributed by atoms with Gasteiger partial charge >= 0.3 is 0 Å². The lowest BCUT2D eigenvalue weighted by atomic mass is 9.83. The van der Waals surface area contributed by atoms with Gasteiger partial charge in [0, 0.05) is 12.0 Å². The van der Waals surface area contributed by atoms with E-state index in [2.05, 4.69) is 19.1 Å². The Morgan fingerprint density at radius 3 is 2.23 bits per heavy atom. The molecule has 1 unspecified atom stereocenters. The lowest BCUT2D eigenvalue weighted by molar-refractivity contribution is -0.942. The summed E-state index contributed by atoms with van der Waals surface area (Å²) in [4.78, 5) is 1.79. The van der Waals surface area contributed by atoms with E-state index in [9.17, 15) is 0 Å². The van der Waals surface area contributed by atoms with Gasteiger partial charge in [-0.1, -0.05) is 13.3 Å². The Labute approximate surface area is 134 Å². The molecule has 3 nitrogen and oxygen atoms in total. The van der Waals surface area contributed by atoms with E-state index in [1.165, 1.54) is 56.2 Å². The molecule has 0 amide bonds. The molecule has 0 aromatic heterocycles. The van der Waals surface area contributed by atoms with Gasteiger partial charge in [-0.25, -0.2) is 0 Å². The number of methoxy groups -OCH3 is 2. The van der Waals surface area contributed by atoms with E-state index in [4.69, 9.17) is 9.47 Å². The summed E-state index contributed by atoms with van der Waals surface area (Å²) in [7, 11) is 3.44. The van der Waals surface area contributed by atoms with Crippen molar-refractivity contribution in [1.29, 1.82) is 0 Å². The van der Waals surface area contributed by atoms with E-state index in [0.717, 1.165) is 30.0 Å². The monoisotopic (exact) mass is 304 g/mol. The molecular weight excluding hydrogens is 274 g/mol. The Bertz CT molecular complexity index is 506. The molecule has 2 aliphatic rings. The van der Waals surface area contributed by atoms with Crippen LogP contribution in [0, 0.1) is 5.92 Å². The third kappa shape index (κ3) is 3.10. The van der Waals surface area contributed by atoms with Crippen molar-refractivity contribution in [3.63, 3.8) is 0 Å². The average Bonchev–Trinajstić information content (AvgIpc) is 2.60. The molecule has 1 aromatic rings. The van der Waals surface area contributed by atoms with Crippen LogP contribution >= 0.6 is 0 Å². The minimum absolute atomic E-state index is 0.865. The van der Waals surface area contributed by atoms with Gasteiger partial charge in [0.15, 0.2) is 11.5 Å². The van der Waals surface area contributed by atoms with Gasteiger partial charge in [0.05, 0.1) is 26.8 Å². The average molecular weight is 304 g/mol. The first-order valence-corrected chi connectivity index (χ1v) is 8.83. The molecule has 3 rings (SSSR count). The van der Waals surface area contributed by atoms with E-state index in [-0.39, 0.29) is 0 Å². The van der Waals surface area contributed by atoms with E-state index >= 15 is 0 Å². The quantitative estimate of drug-likeness (QED) is 0.924. The molecule has 1 aliphatic carbocycles. The molecule has 122 valence electrons. The van der Waals surface area contributed by atoms with Gasteiger partial charge in [0.1, 0.15) is 6.54 Å². The second-order valence-electron chi connectivity index (χ2n) is 6.94. The van der Waals surface area contributed by atoms with Crippen LogP contribution in [-0.4, -0.2) is 26.8 Å². The number of hydrogen-bond acceptors (Lipinski definition) is 2. The van der Waals surface area contributed by atoms with Crippen LogP contribution in [0.4, 0.5) is 0 Å². The van der Waals surface area contributed by atoms with E-state index in [1.807, 2.05) is 0 Å². The van der Waals surface area contributed by atoms with Gasteiger partial charge in [-0.2, -0.15) is 0 Å². The summed E-state index contributed by atoms with van der Waals surface area (Å²) in [5.74, 6) is 2.72. The van der Waals surface area contributed by atoms with Crippen molar-refractivity contribution in [2.45, 2.75) is 58.0 Å². The van der Waals surface area contributed by atoms with Gasteiger partial charge < -0.3 is 14.4 Å². The third-order valence-corrected chi connectivity index (χ3v) is 5.84. The summed E-state index contributed by atoms with van der Waals surface area (Å²) in [6.07, 6.45) is 8.22. The highest BCUT2D eigenvalue weighted by molar-refractivity contribution is 5.47. The molecule has 0 spiro atoms. The second kappa shape index (κ2) is 6.91. The number of rotatable bonds is 4. The Kier molecular flexibility index (Phi) is 4.92. The predicted molar refractivity (Wildman–Crippen MR) is 88.8 cm³/mol. The Morgan fingerprint density at radius 1 is 1.00 bits per heavy atom. The predicted octanol–water partition coefficient (Wildman–Crippen LogP) is 2.61. The summed E-state index contributed by atoms with van der Waals surface area (Å²) in [5.41, 5.74) is 2.90. The maximum Gasteiger partial charge on any atom is 0.161 e. The Balaban J connectivity index is 1.71. The standard InChI is InChI=1S/C19H29NO2/c1-4-14-5-7-17(8-6-14)20-10-9-15-11-18(21-2)19(22-3)12-16(15)13-20/h11-12,14,17H,4-10,13H2,1-3H3/p+1. The lowest BCUT2D eigenvalue weighted by Gasteiger charge is -2.36. The van der Waals surface area contributed by atoms with E-state index in [0.29, 0.717) is 0 Å². The van der Waals surface area contributed by atoms with Crippen molar-refractivity contribution in [2.24, 2.45) is 5.92 Å². The fourth-order valence-electron chi connectivity index (χ4n) is 4.32. The third-order valence-electron chi connectivity index (χ3n) is 5.84. The number of benzene rings is 1. The zero-order chi connectivity index (χ0) is 15.5. The maximum absolute atomic E-state index is 5.48. The number of quaternary nitrogens is 1. The van der Waals surface area contributed by atoms with Gasteiger partial charge in [-0.15, -0.1) is 0 Å². The molecule has 22 heavy (non-hydrogen) atoms. The molecular formula is C19H30NO2+. The molecule has 3 heteroatoms. The largest absolute Gasteiger partial charge is 0.493 e. The normalized spacial score (nSPS) is 28.0. The summed E-state index contributed by atoms with van der Waals surface area (Å²) in [6, 6.07) is 5.24. The van der Waals surface area contributed by atoms with Crippen molar-refractivity contribution in [3.05, 3.63) is 23.3 Å². The van der Waals surface area contributed by atoms with Crippen molar-refractivity contribution in [2.75, 3.05) is 20.8 Å². The fraction of sp³-hybridized carbons (Fsp3) is 0.684. The number of ether oxygens (including phenoxy) is 2. The first-order chi connectivity index (χ1) is 10.7. The lowest BCUT2D eigenvalue weighted by Crippen LogP contribution is -3.15. The molecule has 0 radical (unpaired) electrons. The minimum Gasteiger partial charge on any atom is -0.493 e. The zero-order valence-electron chi connectivity index (χ0n) is 14.3. The van der Waals surface area contributed by atoms with Crippen LogP contribution in [0.3, 0.4) is 0 Å². The summed E-state index contributed by atoms with van der Waals surface area (Å²) in [5, 5.41) is 0. The Hall–Kier alpha value is -1.22. The van der Waals surface area contributed by atoms with Crippen LogP contribution in [0.25, 0.3) is 0 Å². The summed E-state index contributed by atoms with van der Waals surface area (Å²) in [6.45, 7) is 4.76. The van der Waals surface area contributed by atoms with Crippen molar-refractivity contribution < 1.29 is 14.4 Å². The smallest absolute Gasteiger partial charge is 0.161 e.